The molecule has 0 N–H and O–H groups in total. The molecule has 0 spiro atoms. The van der Waals surface area contributed by atoms with Gasteiger partial charge in [0.25, 0.3) is 6.43 Å². The number of hydrogen-bond donors (Lipinski definition) is 0. The lowest BCUT2D eigenvalue weighted by atomic mass is 10.00. The number of hydrogen-bond acceptors (Lipinski definition) is 3. The first-order valence-electron chi connectivity index (χ1n) is 4.77. The van der Waals surface area contributed by atoms with Gasteiger partial charge in [-0.1, -0.05) is 0 Å². The SMILES string of the molecule is O=C1c2ccc(F)cc2CSC1C(=O)C(F)F. The van der Waals surface area contributed by atoms with Crippen LogP contribution in [0.2, 0.25) is 0 Å². The van der Waals surface area contributed by atoms with Crippen molar-refractivity contribution in [3.8, 4) is 0 Å². The molecule has 0 saturated carbocycles. The van der Waals surface area contributed by atoms with Crippen LogP contribution in [0.3, 0.4) is 0 Å². The molecular weight excluding hydrogens is 253 g/mol. The Kier molecular flexibility index (Phi) is 3.24. The summed E-state index contributed by atoms with van der Waals surface area (Å²) in [7, 11) is 0. The fourth-order valence-corrected chi connectivity index (χ4v) is 2.77. The average molecular weight is 260 g/mol. The fourth-order valence-electron chi connectivity index (χ4n) is 1.64. The lowest BCUT2D eigenvalue weighted by Gasteiger charge is -2.21. The standard InChI is InChI=1S/C11H7F3O2S/c12-6-1-2-7-5(3-6)4-17-10(8(7)15)9(16)11(13)14/h1-3,10-11H,4H2. The monoisotopic (exact) mass is 260 g/mol. The van der Waals surface area contributed by atoms with E-state index in [1.165, 1.54) is 12.1 Å². The van der Waals surface area contributed by atoms with Gasteiger partial charge >= 0.3 is 0 Å². The summed E-state index contributed by atoms with van der Waals surface area (Å²) in [6.07, 6.45) is -3.15. The minimum absolute atomic E-state index is 0.157. The van der Waals surface area contributed by atoms with Gasteiger partial charge in [0.05, 0.1) is 0 Å². The van der Waals surface area contributed by atoms with Crippen LogP contribution in [0.1, 0.15) is 15.9 Å². The third-order valence-corrected chi connectivity index (χ3v) is 3.71. The van der Waals surface area contributed by atoms with Gasteiger partial charge in [-0.2, -0.15) is 0 Å². The molecule has 1 aromatic carbocycles. The van der Waals surface area contributed by atoms with E-state index in [1.54, 1.807) is 0 Å². The zero-order chi connectivity index (χ0) is 12.6. The Morgan fingerprint density at radius 1 is 1.41 bits per heavy atom. The van der Waals surface area contributed by atoms with Crippen LogP contribution in [0.4, 0.5) is 13.2 Å². The van der Waals surface area contributed by atoms with Crippen molar-refractivity contribution in [3.05, 3.63) is 35.1 Å². The normalized spacial score (nSPS) is 19.3. The second-order valence-corrected chi connectivity index (χ2v) is 4.65. The van der Waals surface area contributed by atoms with Crippen LogP contribution in [0, 0.1) is 5.82 Å². The Morgan fingerprint density at radius 3 is 2.76 bits per heavy atom. The molecule has 17 heavy (non-hydrogen) atoms. The highest BCUT2D eigenvalue weighted by atomic mass is 32.2. The number of fused-ring (bicyclic) bond motifs is 1. The van der Waals surface area contributed by atoms with Crippen molar-refractivity contribution in [1.82, 2.24) is 0 Å². The number of Topliss-reactive ketones (excluding diaryl/α,β-unsaturated/α-hetero) is 2. The Bertz CT molecular complexity index is 488. The van der Waals surface area contributed by atoms with Crippen LogP contribution >= 0.6 is 11.8 Å². The highest BCUT2D eigenvalue weighted by Crippen LogP contribution is 2.32. The molecule has 0 bridgehead atoms. The van der Waals surface area contributed by atoms with Gasteiger partial charge in [0.15, 0.2) is 5.78 Å². The summed E-state index contributed by atoms with van der Waals surface area (Å²) < 4.78 is 37.4. The maximum Gasteiger partial charge on any atom is 0.297 e. The van der Waals surface area contributed by atoms with Crippen LogP contribution in [-0.4, -0.2) is 23.2 Å². The number of thioether (sulfide) groups is 1. The molecule has 0 fully saturated rings. The predicted molar refractivity (Wildman–Crippen MR) is 56.8 cm³/mol. The van der Waals surface area contributed by atoms with E-state index in [2.05, 4.69) is 0 Å². The Hall–Kier alpha value is -1.30. The molecule has 0 amide bonds. The lowest BCUT2D eigenvalue weighted by Crippen LogP contribution is -2.35. The number of ketones is 2. The van der Waals surface area contributed by atoms with Crippen molar-refractivity contribution < 1.29 is 22.8 Å². The largest absolute Gasteiger partial charge is 0.297 e. The van der Waals surface area contributed by atoms with Crippen LogP contribution < -0.4 is 0 Å². The number of rotatable bonds is 2. The summed E-state index contributed by atoms with van der Waals surface area (Å²) in [6, 6.07) is 3.50. The summed E-state index contributed by atoms with van der Waals surface area (Å²) >= 11 is 0.813. The zero-order valence-electron chi connectivity index (χ0n) is 8.45. The zero-order valence-corrected chi connectivity index (χ0v) is 9.27. The summed E-state index contributed by atoms with van der Waals surface area (Å²) in [5.41, 5.74) is 0.600. The minimum Gasteiger partial charge on any atom is -0.292 e. The second kappa shape index (κ2) is 4.52. The van der Waals surface area contributed by atoms with Crippen LogP contribution in [-0.2, 0) is 10.5 Å². The first-order chi connectivity index (χ1) is 8.00. The highest BCUT2D eigenvalue weighted by molar-refractivity contribution is 8.00. The first kappa shape index (κ1) is 12.2. The molecule has 0 aliphatic carbocycles. The van der Waals surface area contributed by atoms with Crippen LogP contribution in [0.25, 0.3) is 0 Å². The van der Waals surface area contributed by atoms with Gasteiger partial charge in [0.1, 0.15) is 11.1 Å². The summed E-state index contributed by atoms with van der Waals surface area (Å²) in [6.45, 7) is 0. The first-order valence-corrected chi connectivity index (χ1v) is 5.81. The Labute approximate surface area is 99.2 Å². The smallest absolute Gasteiger partial charge is 0.292 e. The van der Waals surface area contributed by atoms with Crippen molar-refractivity contribution in [2.24, 2.45) is 0 Å². The Morgan fingerprint density at radius 2 is 2.12 bits per heavy atom. The van der Waals surface area contributed by atoms with Crippen molar-refractivity contribution in [2.75, 3.05) is 0 Å². The fraction of sp³-hybridized carbons (Fsp3) is 0.273. The number of benzene rings is 1. The van der Waals surface area contributed by atoms with Gasteiger partial charge < -0.3 is 0 Å². The number of alkyl halides is 2. The molecule has 0 aromatic heterocycles. The number of carbonyl (C=O) groups excluding carboxylic acids is 2. The van der Waals surface area contributed by atoms with E-state index in [9.17, 15) is 22.8 Å². The quantitative estimate of drug-likeness (QED) is 0.766. The van der Waals surface area contributed by atoms with Crippen molar-refractivity contribution in [2.45, 2.75) is 17.4 Å². The van der Waals surface area contributed by atoms with Gasteiger partial charge in [-0.3, -0.25) is 9.59 Å². The summed E-state index contributed by atoms with van der Waals surface area (Å²) in [5.74, 6) is -2.35. The number of halogens is 3. The van der Waals surface area contributed by atoms with Crippen LogP contribution in [0.5, 0.6) is 0 Å². The van der Waals surface area contributed by atoms with Gasteiger partial charge in [-0.25, -0.2) is 13.2 Å². The molecule has 0 saturated heterocycles. The maximum absolute atomic E-state index is 12.9. The topological polar surface area (TPSA) is 34.1 Å². The van der Waals surface area contributed by atoms with E-state index in [-0.39, 0.29) is 11.3 Å². The van der Waals surface area contributed by atoms with E-state index in [1.807, 2.05) is 0 Å². The van der Waals surface area contributed by atoms with Gasteiger partial charge in [0, 0.05) is 11.3 Å². The third kappa shape index (κ3) is 2.22. The van der Waals surface area contributed by atoms with Crippen molar-refractivity contribution >= 4 is 23.3 Å². The molecule has 1 aromatic rings. The minimum atomic E-state index is -3.15. The Balaban J connectivity index is 2.34. The summed E-state index contributed by atoms with van der Waals surface area (Å²) in [4.78, 5) is 22.9. The van der Waals surface area contributed by atoms with Gasteiger partial charge in [-0.05, 0) is 23.8 Å². The average Bonchev–Trinajstić information content (AvgIpc) is 2.28. The molecule has 6 heteroatoms. The summed E-state index contributed by atoms with van der Waals surface area (Å²) in [5, 5.41) is -1.37. The highest BCUT2D eigenvalue weighted by Gasteiger charge is 2.37. The predicted octanol–water partition coefficient (Wildman–Crippen LogP) is 2.46. The molecular formula is C11H7F3O2S. The number of carbonyl (C=O) groups is 2. The third-order valence-electron chi connectivity index (χ3n) is 2.45. The molecule has 2 rings (SSSR count). The molecule has 1 atom stereocenters. The second-order valence-electron chi connectivity index (χ2n) is 3.56. The molecule has 0 radical (unpaired) electrons. The molecule has 1 unspecified atom stereocenters. The lowest BCUT2D eigenvalue weighted by molar-refractivity contribution is -0.128. The van der Waals surface area contributed by atoms with Crippen LogP contribution in [0.15, 0.2) is 18.2 Å². The van der Waals surface area contributed by atoms with Gasteiger partial charge in [0.2, 0.25) is 5.78 Å². The molecule has 1 heterocycles. The van der Waals surface area contributed by atoms with E-state index >= 15 is 0 Å². The molecule has 1 aliphatic rings. The van der Waals surface area contributed by atoms with Crippen molar-refractivity contribution in [3.63, 3.8) is 0 Å². The molecule has 90 valence electrons. The van der Waals surface area contributed by atoms with E-state index < -0.39 is 29.1 Å². The molecule has 2 nitrogen and oxygen atoms in total. The van der Waals surface area contributed by atoms with E-state index in [4.69, 9.17) is 0 Å². The van der Waals surface area contributed by atoms with Crippen molar-refractivity contribution in [1.29, 1.82) is 0 Å². The van der Waals surface area contributed by atoms with E-state index in [0.717, 1.165) is 17.8 Å². The maximum atomic E-state index is 12.9. The molecule has 1 aliphatic heterocycles. The van der Waals surface area contributed by atoms with E-state index in [0.29, 0.717) is 5.56 Å². The van der Waals surface area contributed by atoms with Gasteiger partial charge in [-0.15, -0.1) is 11.8 Å².